The zero-order valence-electron chi connectivity index (χ0n) is 20.9. The topological polar surface area (TPSA) is 134 Å². The summed E-state index contributed by atoms with van der Waals surface area (Å²) in [5.41, 5.74) is 0.809. The number of halogens is 3. The number of carbonyl (C=O) groups is 1. The summed E-state index contributed by atoms with van der Waals surface area (Å²) in [7, 11) is -2.01. The Hall–Kier alpha value is -4.69. The minimum absolute atomic E-state index is 0.00173. The van der Waals surface area contributed by atoms with Crippen molar-refractivity contribution in [2.24, 2.45) is 0 Å². The maximum Gasteiger partial charge on any atom is 0.416 e. The zero-order valence-corrected chi connectivity index (χ0v) is 21.7. The number of benzene rings is 3. The lowest BCUT2D eigenvalue weighted by Crippen LogP contribution is -2.20. The molecule has 0 spiro atoms. The average molecular weight is 573 g/mol. The molecular weight excluding hydrogens is 549 g/mol. The average Bonchev–Trinajstić information content (AvgIpc) is 2.91. The van der Waals surface area contributed by atoms with Crippen molar-refractivity contribution in [1.29, 1.82) is 0 Å². The Labute approximate surface area is 227 Å². The van der Waals surface area contributed by atoms with E-state index >= 15 is 0 Å². The Morgan fingerprint density at radius 1 is 0.875 bits per heavy atom. The van der Waals surface area contributed by atoms with Gasteiger partial charge in [-0.25, -0.2) is 27.9 Å². The van der Waals surface area contributed by atoms with E-state index in [1.54, 1.807) is 54.6 Å². The number of hydrogen-bond donors (Lipinski definition) is 4. The normalized spacial score (nSPS) is 11.5. The van der Waals surface area contributed by atoms with Crippen molar-refractivity contribution in [2.45, 2.75) is 11.9 Å². The van der Waals surface area contributed by atoms with Gasteiger partial charge in [-0.3, -0.25) is 0 Å². The summed E-state index contributed by atoms with van der Waals surface area (Å²) in [6.07, 6.45) is -3.21. The Morgan fingerprint density at radius 2 is 1.55 bits per heavy atom. The molecule has 1 aromatic heterocycles. The maximum absolute atomic E-state index is 12.9. The molecule has 3 aromatic carbocycles. The molecule has 4 N–H and O–H groups in total. The zero-order chi connectivity index (χ0) is 28.8. The molecule has 0 saturated heterocycles. The monoisotopic (exact) mass is 572 g/mol. The van der Waals surface area contributed by atoms with Gasteiger partial charge >= 0.3 is 12.2 Å². The third kappa shape index (κ3) is 8.15. The molecule has 0 fully saturated rings. The van der Waals surface area contributed by atoms with Gasteiger partial charge in [-0.2, -0.15) is 13.2 Å². The molecule has 2 amide bonds. The van der Waals surface area contributed by atoms with E-state index < -0.39 is 27.8 Å². The van der Waals surface area contributed by atoms with Gasteiger partial charge in [0.15, 0.2) is 0 Å². The molecule has 4 rings (SSSR count). The number of urea groups is 1. The Morgan fingerprint density at radius 3 is 2.23 bits per heavy atom. The van der Waals surface area contributed by atoms with Gasteiger partial charge < -0.3 is 20.7 Å². The van der Waals surface area contributed by atoms with Crippen LogP contribution in [0.4, 0.5) is 40.8 Å². The second-order valence-electron chi connectivity index (χ2n) is 8.31. The third-order valence-electron chi connectivity index (χ3n) is 5.32. The van der Waals surface area contributed by atoms with Crippen LogP contribution in [0.25, 0.3) is 0 Å². The van der Waals surface area contributed by atoms with Gasteiger partial charge in [0.25, 0.3) is 0 Å². The highest BCUT2D eigenvalue weighted by molar-refractivity contribution is 7.88. The molecule has 40 heavy (non-hydrogen) atoms. The number of hydrogen-bond acceptors (Lipinski definition) is 7. The van der Waals surface area contributed by atoms with Gasteiger partial charge in [-0.05, 0) is 67.2 Å². The number of sulfonamides is 1. The van der Waals surface area contributed by atoms with Crippen molar-refractivity contribution in [3.63, 3.8) is 0 Å². The van der Waals surface area contributed by atoms with E-state index in [1.807, 2.05) is 0 Å². The number of aromatic nitrogens is 2. The Balaban J connectivity index is 1.33. The van der Waals surface area contributed by atoms with Gasteiger partial charge in [-0.1, -0.05) is 18.2 Å². The van der Waals surface area contributed by atoms with Crippen LogP contribution in [0.3, 0.4) is 0 Å². The van der Waals surface area contributed by atoms with Crippen molar-refractivity contribution in [2.75, 3.05) is 23.0 Å². The fraction of sp³-hybridized carbons (Fsp3) is 0.115. The van der Waals surface area contributed by atoms with Crippen LogP contribution in [0.2, 0.25) is 0 Å². The van der Waals surface area contributed by atoms with E-state index in [0.29, 0.717) is 28.5 Å². The maximum atomic E-state index is 12.9. The lowest BCUT2D eigenvalue weighted by atomic mass is 10.2. The first-order valence-corrected chi connectivity index (χ1v) is 13.3. The van der Waals surface area contributed by atoms with Crippen molar-refractivity contribution < 1.29 is 31.1 Å². The molecule has 0 radical (unpaired) electrons. The summed E-state index contributed by atoms with van der Waals surface area (Å²) in [6.45, 7) is 0. The highest BCUT2D eigenvalue weighted by Gasteiger charge is 2.30. The van der Waals surface area contributed by atoms with Crippen LogP contribution in [0, 0.1) is 0 Å². The van der Waals surface area contributed by atoms with Crippen molar-refractivity contribution >= 4 is 38.9 Å². The van der Waals surface area contributed by atoms with Crippen LogP contribution >= 0.6 is 0 Å². The smallest absolute Gasteiger partial charge is 0.416 e. The lowest BCUT2D eigenvalue weighted by molar-refractivity contribution is -0.137. The van der Waals surface area contributed by atoms with Crippen LogP contribution in [-0.4, -0.2) is 31.5 Å². The standard InChI is InChI=1S/C26H23F3N6O4S/c1-30-40(37,38)15-17-5-7-19(8-6-17)33-23-14-24(32-16-31-23)39-22-11-9-20(10-12-22)34-25(36)35-21-4-2-3-18(13-21)26(27,28)29/h2-14,16,30H,15H2,1H3,(H,31,32,33)(H2,34,35,36). The number of ether oxygens (including phenoxy) is 1. The molecule has 0 aliphatic heterocycles. The molecule has 14 heteroatoms. The summed E-state index contributed by atoms with van der Waals surface area (Å²) in [5, 5.41) is 7.98. The van der Waals surface area contributed by atoms with Crippen LogP contribution in [-0.2, 0) is 22.0 Å². The second kappa shape index (κ2) is 12.0. The minimum Gasteiger partial charge on any atom is -0.439 e. The summed E-state index contributed by atoms with van der Waals surface area (Å²) >= 11 is 0. The summed E-state index contributed by atoms with van der Waals surface area (Å²) in [6, 6.07) is 18.2. The molecule has 0 bridgehead atoms. The molecule has 0 aliphatic rings. The molecule has 10 nitrogen and oxygen atoms in total. The van der Waals surface area contributed by atoms with E-state index in [1.165, 1.54) is 25.5 Å². The number of carbonyl (C=O) groups excluding carboxylic acids is 1. The molecule has 208 valence electrons. The van der Waals surface area contributed by atoms with Gasteiger partial charge in [0.05, 0.1) is 11.3 Å². The fourth-order valence-electron chi connectivity index (χ4n) is 3.38. The number of amides is 2. The second-order valence-corrected chi connectivity index (χ2v) is 10.2. The van der Waals surface area contributed by atoms with Crippen molar-refractivity contribution in [3.05, 3.63) is 96.3 Å². The summed E-state index contributed by atoms with van der Waals surface area (Å²) in [4.78, 5) is 20.4. The van der Waals surface area contributed by atoms with Gasteiger partial charge in [0.2, 0.25) is 15.9 Å². The van der Waals surface area contributed by atoms with E-state index in [2.05, 4.69) is 30.6 Å². The number of alkyl halides is 3. The highest BCUT2D eigenvalue weighted by Crippen LogP contribution is 2.31. The van der Waals surface area contributed by atoms with Crippen molar-refractivity contribution in [3.8, 4) is 11.6 Å². The molecule has 0 unspecified atom stereocenters. The van der Waals surface area contributed by atoms with Crippen LogP contribution in [0.5, 0.6) is 11.6 Å². The van der Waals surface area contributed by atoms with E-state index in [-0.39, 0.29) is 17.3 Å². The van der Waals surface area contributed by atoms with Gasteiger partial charge in [0.1, 0.15) is 17.9 Å². The first-order valence-electron chi connectivity index (χ1n) is 11.6. The van der Waals surface area contributed by atoms with E-state index in [9.17, 15) is 26.4 Å². The molecule has 0 atom stereocenters. The quantitative estimate of drug-likeness (QED) is 0.201. The SMILES string of the molecule is CNS(=O)(=O)Cc1ccc(Nc2cc(Oc3ccc(NC(=O)Nc4cccc(C(F)(F)F)c4)cc3)ncn2)cc1. The number of rotatable bonds is 9. The third-order valence-corrected chi connectivity index (χ3v) is 6.65. The molecular formula is C26H23F3N6O4S. The number of anilines is 4. The summed E-state index contributed by atoms with van der Waals surface area (Å²) in [5.74, 6) is 0.940. The van der Waals surface area contributed by atoms with Crippen LogP contribution < -0.4 is 25.4 Å². The predicted molar refractivity (Wildman–Crippen MR) is 144 cm³/mol. The van der Waals surface area contributed by atoms with Crippen molar-refractivity contribution in [1.82, 2.24) is 14.7 Å². The molecule has 1 heterocycles. The Bertz CT molecular complexity index is 1580. The van der Waals surface area contributed by atoms with E-state index in [4.69, 9.17) is 4.74 Å². The van der Waals surface area contributed by atoms with Gasteiger partial charge in [-0.15, -0.1) is 0 Å². The lowest BCUT2D eigenvalue weighted by Gasteiger charge is -2.11. The van der Waals surface area contributed by atoms with Crippen LogP contribution in [0.1, 0.15) is 11.1 Å². The molecule has 0 saturated carbocycles. The predicted octanol–water partition coefficient (Wildman–Crippen LogP) is 5.72. The van der Waals surface area contributed by atoms with Gasteiger partial charge in [0, 0.05) is 23.1 Å². The number of nitrogens with one attached hydrogen (secondary N) is 4. The molecule has 4 aromatic rings. The molecule has 0 aliphatic carbocycles. The Kier molecular flexibility index (Phi) is 8.50. The number of nitrogens with zero attached hydrogens (tertiary/aromatic N) is 2. The van der Waals surface area contributed by atoms with E-state index in [0.717, 1.165) is 12.1 Å². The first-order chi connectivity index (χ1) is 19.0. The first kappa shape index (κ1) is 28.3. The summed E-state index contributed by atoms with van der Waals surface area (Å²) < 4.78 is 70.0. The van der Waals surface area contributed by atoms with Crippen LogP contribution in [0.15, 0.2) is 85.2 Å². The fourth-order valence-corrected chi connectivity index (χ4v) is 4.16. The highest BCUT2D eigenvalue weighted by atomic mass is 32.2. The largest absolute Gasteiger partial charge is 0.439 e. The minimum atomic E-state index is -4.52.